The molecular formula is C21H37NO7. The summed E-state index contributed by atoms with van der Waals surface area (Å²) in [5, 5.41) is 32.1. The molecule has 0 aromatic carbocycles. The summed E-state index contributed by atoms with van der Waals surface area (Å²) in [6.07, 6.45) is -0.946. The van der Waals surface area contributed by atoms with Gasteiger partial charge >= 0.3 is 0 Å². The van der Waals surface area contributed by atoms with Gasteiger partial charge in [0.25, 0.3) is 0 Å². The van der Waals surface area contributed by atoms with Crippen molar-refractivity contribution < 1.29 is 34.4 Å². The van der Waals surface area contributed by atoms with Crippen LogP contribution in [0.15, 0.2) is 0 Å². The number of rotatable bonds is 12. The van der Waals surface area contributed by atoms with Crippen LogP contribution in [0, 0.1) is 23.7 Å². The summed E-state index contributed by atoms with van der Waals surface area (Å²) in [6.45, 7) is 6.69. The van der Waals surface area contributed by atoms with E-state index in [-0.39, 0.29) is 55.5 Å². The lowest BCUT2D eigenvalue weighted by atomic mass is 9.76. The Bertz CT molecular complexity index is 551. The first-order valence-corrected chi connectivity index (χ1v) is 10.6. The quantitative estimate of drug-likeness (QED) is 0.364. The normalized spacial score (nSPS) is 29.1. The summed E-state index contributed by atoms with van der Waals surface area (Å²) in [5.74, 6) is -2.11. The maximum atomic E-state index is 12.5. The highest BCUT2D eigenvalue weighted by Crippen LogP contribution is 2.31. The van der Waals surface area contributed by atoms with Gasteiger partial charge in [0.1, 0.15) is 6.61 Å². The highest BCUT2D eigenvalue weighted by Gasteiger charge is 2.41. The number of carbonyl (C=O) groups excluding carboxylic acids is 3. The molecule has 0 aromatic heterocycles. The Labute approximate surface area is 173 Å². The molecule has 0 aliphatic heterocycles. The van der Waals surface area contributed by atoms with E-state index >= 15 is 0 Å². The van der Waals surface area contributed by atoms with Gasteiger partial charge in [-0.3, -0.25) is 14.4 Å². The second kappa shape index (κ2) is 12.4. The van der Waals surface area contributed by atoms with E-state index < -0.39 is 30.1 Å². The van der Waals surface area contributed by atoms with Crippen molar-refractivity contribution in [3.63, 3.8) is 0 Å². The number of amides is 1. The third-order valence-electron chi connectivity index (χ3n) is 6.11. The van der Waals surface area contributed by atoms with Gasteiger partial charge in [-0.2, -0.15) is 0 Å². The van der Waals surface area contributed by atoms with E-state index in [0.717, 1.165) is 0 Å². The number of carbonyl (C=O) groups is 3. The van der Waals surface area contributed by atoms with Gasteiger partial charge in [-0.25, -0.2) is 0 Å². The standard InChI is InChI=1S/C21H37NO7/c1-5-12(3)21(28)22-9-16(24)7-14(6-2)17(25)11-29-18-8-15(10-23)20(27)19(26)13(18)4/h12-15,18-20,23,26-27H,5-11H2,1-4H3,(H,22,28)/t12?,13-,14?,15?,18?,19?,20+/m1/s1. The molecule has 7 atom stereocenters. The Morgan fingerprint density at radius 3 is 2.34 bits per heavy atom. The number of hydrogen-bond acceptors (Lipinski definition) is 7. The summed E-state index contributed by atoms with van der Waals surface area (Å²) in [4.78, 5) is 36.4. The molecule has 1 rings (SSSR count). The zero-order chi connectivity index (χ0) is 22.1. The third-order valence-corrected chi connectivity index (χ3v) is 6.11. The van der Waals surface area contributed by atoms with E-state index in [4.69, 9.17) is 4.74 Å². The van der Waals surface area contributed by atoms with Gasteiger partial charge in [-0.15, -0.1) is 0 Å². The van der Waals surface area contributed by atoms with Crippen LogP contribution >= 0.6 is 0 Å². The summed E-state index contributed by atoms with van der Waals surface area (Å²) >= 11 is 0. The molecular weight excluding hydrogens is 378 g/mol. The van der Waals surface area contributed by atoms with Gasteiger partial charge in [0.15, 0.2) is 11.6 Å². The molecule has 0 saturated heterocycles. The lowest BCUT2D eigenvalue weighted by Gasteiger charge is -2.40. The average Bonchev–Trinajstić information content (AvgIpc) is 2.72. The molecule has 4 N–H and O–H groups in total. The van der Waals surface area contributed by atoms with Crippen molar-refractivity contribution in [1.82, 2.24) is 5.32 Å². The molecule has 1 amide bonds. The molecule has 1 saturated carbocycles. The molecule has 0 bridgehead atoms. The monoisotopic (exact) mass is 415 g/mol. The zero-order valence-corrected chi connectivity index (χ0v) is 18.0. The molecule has 0 spiro atoms. The molecule has 1 aliphatic carbocycles. The summed E-state index contributed by atoms with van der Waals surface area (Å²) in [5.41, 5.74) is 0. The van der Waals surface area contributed by atoms with Gasteiger partial charge in [0, 0.05) is 36.7 Å². The van der Waals surface area contributed by atoms with Crippen molar-refractivity contribution in [2.45, 2.75) is 71.7 Å². The van der Waals surface area contributed by atoms with E-state index in [1.165, 1.54) is 0 Å². The largest absolute Gasteiger partial charge is 0.396 e. The highest BCUT2D eigenvalue weighted by molar-refractivity contribution is 5.91. The van der Waals surface area contributed by atoms with Crippen LogP contribution in [0.1, 0.15) is 53.4 Å². The smallest absolute Gasteiger partial charge is 0.223 e. The first-order valence-electron chi connectivity index (χ1n) is 10.6. The highest BCUT2D eigenvalue weighted by atomic mass is 16.5. The van der Waals surface area contributed by atoms with Gasteiger partial charge in [0.2, 0.25) is 5.91 Å². The van der Waals surface area contributed by atoms with Crippen molar-refractivity contribution in [3.8, 4) is 0 Å². The summed E-state index contributed by atoms with van der Waals surface area (Å²) in [6, 6.07) is 0. The van der Waals surface area contributed by atoms with Crippen LogP contribution in [0.4, 0.5) is 0 Å². The number of aliphatic hydroxyl groups excluding tert-OH is 3. The second-order valence-corrected chi connectivity index (χ2v) is 8.21. The molecule has 5 unspecified atom stereocenters. The lowest BCUT2D eigenvalue weighted by molar-refractivity contribution is -0.153. The van der Waals surface area contributed by atoms with Crippen LogP contribution in [0.3, 0.4) is 0 Å². The first kappa shape index (κ1) is 25.7. The Morgan fingerprint density at radius 2 is 1.79 bits per heavy atom. The Balaban J connectivity index is 2.52. The zero-order valence-electron chi connectivity index (χ0n) is 18.0. The van der Waals surface area contributed by atoms with Crippen LogP contribution in [-0.4, -0.2) is 70.9 Å². The molecule has 8 heteroatoms. The number of aliphatic hydroxyl groups is 3. The number of Topliss-reactive ketones (excluding diaryl/α,β-unsaturated/α-hetero) is 2. The maximum absolute atomic E-state index is 12.5. The van der Waals surface area contributed by atoms with E-state index in [1.807, 2.05) is 13.8 Å². The van der Waals surface area contributed by atoms with E-state index in [0.29, 0.717) is 19.3 Å². The molecule has 29 heavy (non-hydrogen) atoms. The summed E-state index contributed by atoms with van der Waals surface area (Å²) in [7, 11) is 0. The Hall–Kier alpha value is -1.35. The topological polar surface area (TPSA) is 133 Å². The number of nitrogens with one attached hydrogen (secondary N) is 1. The fourth-order valence-electron chi connectivity index (χ4n) is 3.55. The van der Waals surface area contributed by atoms with Crippen LogP contribution in [0.25, 0.3) is 0 Å². The van der Waals surface area contributed by atoms with Crippen LogP contribution < -0.4 is 5.32 Å². The van der Waals surface area contributed by atoms with Crippen molar-refractivity contribution >= 4 is 17.5 Å². The van der Waals surface area contributed by atoms with Crippen LogP contribution in [0.5, 0.6) is 0 Å². The molecule has 1 fully saturated rings. The van der Waals surface area contributed by atoms with Crippen LogP contribution in [0.2, 0.25) is 0 Å². The van der Waals surface area contributed by atoms with Crippen LogP contribution in [-0.2, 0) is 19.1 Å². The molecule has 0 heterocycles. The van der Waals surface area contributed by atoms with E-state index in [9.17, 15) is 29.7 Å². The molecule has 0 aromatic rings. The number of ketones is 2. The third kappa shape index (κ3) is 7.44. The number of hydrogen-bond donors (Lipinski definition) is 4. The molecule has 8 nitrogen and oxygen atoms in total. The lowest BCUT2D eigenvalue weighted by Crippen LogP contribution is -2.51. The fraction of sp³-hybridized carbons (Fsp3) is 0.857. The maximum Gasteiger partial charge on any atom is 0.223 e. The Morgan fingerprint density at radius 1 is 1.14 bits per heavy atom. The predicted molar refractivity (Wildman–Crippen MR) is 107 cm³/mol. The van der Waals surface area contributed by atoms with Gasteiger partial charge in [0.05, 0.1) is 24.9 Å². The number of ether oxygens (including phenoxy) is 1. The first-order chi connectivity index (χ1) is 13.7. The minimum absolute atomic E-state index is 0.0420. The predicted octanol–water partition coefficient (Wildman–Crippen LogP) is 0.459. The van der Waals surface area contributed by atoms with Gasteiger partial charge in [-0.05, 0) is 19.3 Å². The van der Waals surface area contributed by atoms with Gasteiger partial charge < -0.3 is 25.4 Å². The van der Waals surface area contributed by atoms with Crippen molar-refractivity contribution in [2.75, 3.05) is 19.8 Å². The van der Waals surface area contributed by atoms with Crippen molar-refractivity contribution in [1.29, 1.82) is 0 Å². The second-order valence-electron chi connectivity index (χ2n) is 8.21. The van der Waals surface area contributed by atoms with Crippen molar-refractivity contribution in [2.24, 2.45) is 23.7 Å². The van der Waals surface area contributed by atoms with E-state index in [2.05, 4.69) is 5.32 Å². The molecule has 1 aliphatic rings. The molecule has 168 valence electrons. The summed E-state index contributed by atoms with van der Waals surface area (Å²) < 4.78 is 5.70. The fourth-order valence-corrected chi connectivity index (χ4v) is 3.55. The minimum atomic E-state index is -1.03. The minimum Gasteiger partial charge on any atom is -0.396 e. The van der Waals surface area contributed by atoms with Crippen molar-refractivity contribution in [3.05, 3.63) is 0 Å². The average molecular weight is 416 g/mol. The van der Waals surface area contributed by atoms with Gasteiger partial charge in [-0.1, -0.05) is 27.7 Å². The van der Waals surface area contributed by atoms with E-state index in [1.54, 1.807) is 13.8 Å². The molecule has 0 radical (unpaired) electrons. The Kier molecular flexibility index (Phi) is 11.0. The SMILES string of the molecule is CCC(C)C(=O)NCC(=O)CC(CC)C(=O)COC1CC(CO)[C@H](O)C(O)[C@@H]1C.